The fourth-order valence-electron chi connectivity index (χ4n) is 1.84. The van der Waals surface area contributed by atoms with E-state index in [-0.39, 0.29) is 6.04 Å². The van der Waals surface area contributed by atoms with Crippen LogP contribution in [0.25, 0.3) is 0 Å². The second kappa shape index (κ2) is 5.91. The molecular weight excluding hydrogens is 360 g/mol. The molecule has 0 saturated heterocycles. The zero-order valence-corrected chi connectivity index (χ0v) is 13.1. The quantitative estimate of drug-likeness (QED) is 0.882. The average molecular weight is 374 g/mol. The topological polar surface area (TPSA) is 42.4 Å². The number of halogens is 2. The molecule has 1 aromatic heterocycles. The predicted molar refractivity (Wildman–Crippen MR) is 80.7 cm³/mol. The highest BCUT2D eigenvalue weighted by Gasteiger charge is 2.21. The van der Waals surface area contributed by atoms with Crippen LogP contribution in [0.1, 0.15) is 11.8 Å². The van der Waals surface area contributed by atoms with Crippen molar-refractivity contribution in [3.05, 3.63) is 51.3 Å². The number of benzene rings is 1. The molecule has 0 amide bonds. The van der Waals surface area contributed by atoms with Crippen molar-refractivity contribution in [1.82, 2.24) is 0 Å². The number of nitrogens with zero attached hydrogens (tertiary/aromatic N) is 1. The van der Waals surface area contributed by atoms with Crippen LogP contribution >= 0.6 is 31.9 Å². The first-order valence-electron chi connectivity index (χ1n) is 5.56. The molecule has 1 aromatic carbocycles. The molecule has 2 rings (SSSR count). The van der Waals surface area contributed by atoms with Gasteiger partial charge in [-0.05, 0) is 50.1 Å². The lowest BCUT2D eigenvalue weighted by Crippen LogP contribution is -2.30. The minimum atomic E-state index is 0.00926. The molecule has 0 aliphatic heterocycles. The SMILES string of the molecule is CN(c1ccccc1)C(CN)c1cc(Br)c(Br)o1. The third-order valence-electron chi connectivity index (χ3n) is 2.85. The van der Waals surface area contributed by atoms with Gasteiger partial charge in [-0.25, -0.2) is 0 Å². The summed E-state index contributed by atoms with van der Waals surface area (Å²) in [4.78, 5) is 2.11. The Morgan fingerprint density at radius 2 is 1.94 bits per heavy atom. The maximum absolute atomic E-state index is 5.87. The molecule has 1 atom stereocenters. The molecule has 0 bridgehead atoms. The van der Waals surface area contributed by atoms with E-state index in [4.69, 9.17) is 10.2 Å². The van der Waals surface area contributed by atoms with Crippen molar-refractivity contribution in [1.29, 1.82) is 0 Å². The van der Waals surface area contributed by atoms with Gasteiger partial charge in [-0.2, -0.15) is 0 Å². The van der Waals surface area contributed by atoms with Gasteiger partial charge in [0.15, 0.2) is 4.67 Å². The Kier molecular flexibility index (Phi) is 4.48. The molecule has 0 fully saturated rings. The summed E-state index contributed by atoms with van der Waals surface area (Å²) < 4.78 is 7.25. The molecular formula is C13H14Br2N2O. The van der Waals surface area contributed by atoms with Crippen LogP contribution in [0.4, 0.5) is 5.69 Å². The first-order valence-corrected chi connectivity index (χ1v) is 7.14. The number of likely N-dealkylation sites (N-methyl/N-ethyl adjacent to an activating group) is 1. The van der Waals surface area contributed by atoms with Crippen LogP contribution in [-0.4, -0.2) is 13.6 Å². The maximum Gasteiger partial charge on any atom is 0.183 e. The Morgan fingerprint density at radius 1 is 1.28 bits per heavy atom. The van der Waals surface area contributed by atoms with Gasteiger partial charge in [0, 0.05) is 19.3 Å². The Bertz CT molecular complexity index is 493. The molecule has 18 heavy (non-hydrogen) atoms. The van der Waals surface area contributed by atoms with Gasteiger partial charge in [-0.1, -0.05) is 18.2 Å². The zero-order valence-electron chi connectivity index (χ0n) is 9.94. The summed E-state index contributed by atoms with van der Waals surface area (Å²) in [7, 11) is 2.01. The molecule has 2 N–H and O–H groups in total. The van der Waals surface area contributed by atoms with Crippen LogP contribution in [0.3, 0.4) is 0 Å². The monoisotopic (exact) mass is 372 g/mol. The third kappa shape index (κ3) is 2.79. The second-order valence-corrected chi connectivity index (χ2v) is 5.54. The van der Waals surface area contributed by atoms with Gasteiger partial charge < -0.3 is 15.1 Å². The Morgan fingerprint density at radius 3 is 2.44 bits per heavy atom. The van der Waals surface area contributed by atoms with Crippen LogP contribution in [0, 0.1) is 0 Å². The summed E-state index contributed by atoms with van der Waals surface area (Å²) >= 11 is 6.76. The van der Waals surface area contributed by atoms with Crippen LogP contribution in [0.5, 0.6) is 0 Å². The molecule has 0 aliphatic rings. The fraction of sp³-hybridized carbons (Fsp3) is 0.231. The normalized spacial score (nSPS) is 12.4. The van der Waals surface area contributed by atoms with Crippen LogP contribution in [0.2, 0.25) is 0 Å². The summed E-state index contributed by atoms with van der Waals surface area (Å²) in [6, 6.07) is 12.1. The molecule has 5 heteroatoms. The fourth-order valence-corrected chi connectivity index (χ4v) is 2.44. The molecule has 0 spiro atoms. The van der Waals surface area contributed by atoms with Crippen molar-refractivity contribution in [2.75, 3.05) is 18.5 Å². The third-order valence-corrected chi connectivity index (χ3v) is 4.56. The number of rotatable bonds is 4. The molecule has 3 nitrogen and oxygen atoms in total. The van der Waals surface area contributed by atoms with Gasteiger partial charge >= 0.3 is 0 Å². The van der Waals surface area contributed by atoms with E-state index in [0.29, 0.717) is 11.2 Å². The van der Waals surface area contributed by atoms with Gasteiger partial charge in [0.1, 0.15) is 5.76 Å². The van der Waals surface area contributed by atoms with Crippen molar-refractivity contribution in [3.63, 3.8) is 0 Å². The van der Waals surface area contributed by atoms with Crippen molar-refractivity contribution in [3.8, 4) is 0 Å². The number of furan rings is 1. The second-order valence-electron chi connectivity index (χ2n) is 3.97. The van der Waals surface area contributed by atoms with Crippen LogP contribution in [0.15, 0.2) is 50.0 Å². The van der Waals surface area contributed by atoms with E-state index in [9.17, 15) is 0 Å². The molecule has 96 valence electrons. The van der Waals surface area contributed by atoms with Gasteiger partial charge in [0.25, 0.3) is 0 Å². The number of hydrogen-bond acceptors (Lipinski definition) is 3. The highest BCUT2D eigenvalue weighted by molar-refractivity contribution is 9.13. The minimum absolute atomic E-state index is 0.00926. The predicted octanol–water partition coefficient (Wildman–Crippen LogP) is 3.94. The van der Waals surface area contributed by atoms with E-state index < -0.39 is 0 Å². The van der Waals surface area contributed by atoms with E-state index in [2.05, 4.69) is 48.9 Å². The Labute approximate surface area is 123 Å². The molecule has 0 aliphatic carbocycles. The highest BCUT2D eigenvalue weighted by Crippen LogP contribution is 2.33. The first-order chi connectivity index (χ1) is 8.63. The lowest BCUT2D eigenvalue weighted by molar-refractivity contribution is 0.443. The lowest BCUT2D eigenvalue weighted by Gasteiger charge is -2.27. The summed E-state index contributed by atoms with van der Waals surface area (Å²) in [6.07, 6.45) is 0. The lowest BCUT2D eigenvalue weighted by atomic mass is 10.1. The Hall–Kier alpha value is -0.780. The van der Waals surface area contributed by atoms with E-state index in [0.717, 1.165) is 15.9 Å². The van der Waals surface area contributed by atoms with E-state index in [1.165, 1.54) is 0 Å². The molecule has 0 radical (unpaired) electrons. The van der Waals surface area contributed by atoms with Gasteiger partial charge in [0.05, 0.1) is 10.5 Å². The van der Waals surface area contributed by atoms with E-state index >= 15 is 0 Å². The first kappa shape index (κ1) is 13.6. The number of hydrogen-bond donors (Lipinski definition) is 1. The summed E-state index contributed by atoms with van der Waals surface area (Å²) in [5, 5.41) is 0. The van der Waals surface area contributed by atoms with E-state index in [1.807, 2.05) is 31.3 Å². The van der Waals surface area contributed by atoms with Crippen molar-refractivity contribution < 1.29 is 4.42 Å². The smallest absolute Gasteiger partial charge is 0.183 e. The van der Waals surface area contributed by atoms with Crippen molar-refractivity contribution in [2.45, 2.75) is 6.04 Å². The molecule has 2 aromatic rings. The molecule has 1 unspecified atom stereocenters. The van der Waals surface area contributed by atoms with Crippen molar-refractivity contribution >= 4 is 37.5 Å². The number of para-hydroxylation sites is 1. The van der Waals surface area contributed by atoms with Gasteiger partial charge in [-0.3, -0.25) is 0 Å². The van der Waals surface area contributed by atoms with E-state index in [1.54, 1.807) is 0 Å². The molecule has 1 heterocycles. The summed E-state index contributed by atoms with van der Waals surface area (Å²) in [5.74, 6) is 0.836. The summed E-state index contributed by atoms with van der Waals surface area (Å²) in [6.45, 7) is 0.484. The van der Waals surface area contributed by atoms with Gasteiger partial charge in [-0.15, -0.1) is 0 Å². The number of anilines is 1. The Balaban J connectivity index is 2.29. The molecule has 0 saturated carbocycles. The maximum atomic E-state index is 5.87. The standard InChI is InChI=1S/C13H14Br2N2O/c1-17(9-5-3-2-4-6-9)11(8-16)12-7-10(14)13(15)18-12/h2-7,11H,8,16H2,1H3. The van der Waals surface area contributed by atoms with Crippen LogP contribution < -0.4 is 10.6 Å². The zero-order chi connectivity index (χ0) is 13.1. The van der Waals surface area contributed by atoms with Crippen LogP contribution in [-0.2, 0) is 0 Å². The average Bonchev–Trinajstić information content (AvgIpc) is 2.71. The summed E-state index contributed by atoms with van der Waals surface area (Å²) in [5.41, 5.74) is 6.98. The number of nitrogens with two attached hydrogens (primary N) is 1. The highest BCUT2D eigenvalue weighted by atomic mass is 79.9. The minimum Gasteiger partial charge on any atom is -0.451 e. The van der Waals surface area contributed by atoms with Crippen molar-refractivity contribution in [2.24, 2.45) is 5.73 Å². The largest absolute Gasteiger partial charge is 0.451 e. The van der Waals surface area contributed by atoms with Gasteiger partial charge in [0.2, 0.25) is 0 Å².